The van der Waals surface area contributed by atoms with Gasteiger partial charge in [-0.1, -0.05) is 0 Å². The molecule has 0 aliphatic heterocycles. The number of anilines is 1. The summed E-state index contributed by atoms with van der Waals surface area (Å²) in [5, 5.41) is 3.07. The minimum Gasteiger partial charge on any atom is -0.492 e. The molecular weight excluding hydrogens is 316 g/mol. The summed E-state index contributed by atoms with van der Waals surface area (Å²) in [5.74, 6) is -0.155. The minimum absolute atomic E-state index is 0.271. The SMILES string of the molecule is Fc1ccc(NCCOc2ccc(Br)c(F)c2)cc1. The van der Waals surface area contributed by atoms with Gasteiger partial charge in [-0.25, -0.2) is 8.78 Å². The molecule has 0 aliphatic carbocycles. The van der Waals surface area contributed by atoms with Crippen LogP contribution in [0.15, 0.2) is 46.9 Å². The molecule has 1 N–H and O–H groups in total. The Bertz CT molecular complexity index is 546. The van der Waals surface area contributed by atoms with Crippen molar-refractivity contribution in [2.75, 3.05) is 18.5 Å². The zero-order valence-corrected chi connectivity index (χ0v) is 11.6. The molecule has 0 aliphatic rings. The molecule has 5 heteroatoms. The zero-order valence-electron chi connectivity index (χ0n) is 10.00. The van der Waals surface area contributed by atoms with Crippen molar-refractivity contribution in [1.82, 2.24) is 0 Å². The lowest BCUT2D eigenvalue weighted by Gasteiger charge is -2.09. The van der Waals surface area contributed by atoms with E-state index in [2.05, 4.69) is 21.2 Å². The molecule has 0 atom stereocenters. The second-order valence-corrected chi connectivity index (χ2v) is 4.71. The van der Waals surface area contributed by atoms with E-state index in [-0.39, 0.29) is 11.6 Å². The Morgan fingerprint density at radius 1 is 1.05 bits per heavy atom. The number of halogens is 3. The van der Waals surface area contributed by atoms with Crippen LogP contribution in [0.5, 0.6) is 5.75 Å². The molecule has 0 aromatic heterocycles. The number of hydrogen-bond donors (Lipinski definition) is 1. The first-order chi connectivity index (χ1) is 9.15. The van der Waals surface area contributed by atoms with E-state index >= 15 is 0 Å². The van der Waals surface area contributed by atoms with Crippen molar-refractivity contribution in [2.45, 2.75) is 0 Å². The van der Waals surface area contributed by atoms with Gasteiger partial charge in [-0.15, -0.1) is 0 Å². The third-order valence-corrected chi connectivity index (χ3v) is 3.08. The molecule has 0 spiro atoms. The highest BCUT2D eigenvalue weighted by molar-refractivity contribution is 9.10. The normalized spacial score (nSPS) is 10.3. The van der Waals surface area contributed by atoms with Gasteiger partial charge in [0.1, 0.15) is 24.0 Å². The van der Waals surface area contributed by atoms with E-state index in [0.29, 0.717) is 23.4 Å². The highest BCUT2D eigenvalue weighted by Crippen LogP contribution is 2.20. The molecule has 0 saturated heterocycles. The summed E-state index contributed by atoms with van der Waals surface area (Å²) >= 11 is 3.07. The molecule has 0 bridgehead atoms. The molecule has 2 nitrogen and oxygen atoms in total. The van der Waals surface area contributed by atoms with Gasteiger partial charge >= 0.3 is 0 Å². The molecule has 0 radical (unpaired) electrons. The van der Waals surface area contributed by atoms with E-state index in [0.717, 1.165) is 5.69 Å². The van der Waals surface area contributed by atoms with Crippen LogP contribution in [-0.4, -0.2) is 13.2 Å². The third kappa shape index (κ3) is 4.21. The van der Waals surface area contributed by atoms with Crippen LogP contribution in [0.25, 0.3) is 0 Å². The zero-order chi connectivity index (χ0) is 13.7. The van der Waals surface area contributed by atoms with Crippen LogP contribution < -0.4 is 10.1 Å². The second kappa shape index (κ2) is 6.52. The number of rotatable bonds is 5. The highest BCUT2D eigenvalue weighted by atomic mass is 79.9. The molecule has 2 aromatic carbocycles. The number of benzene rings is 2. The van der Waals surface area contributed by atoms with Crippen LogP contribution in [0.3, 0.4) is 0 Å². The fraction of sp³-hybridized carbons (Fsp3) is 0.143. The summed E-state index contributed by atoms with van der Waals surface area (Å²) in [4.78, 5) is 0. The van der Waals surface area contributed by atoms with Crippen molar-refractivity contribution in [2.24, 2.45) is 0 Å². The summed E-state index contributed by atoms with van der Waals surface area (Å²) < 4.78 is 31.7. The van der Waals surface area contributed by atoms with Gasteiger partial charge < -0.3 is 10.1 Å². The Hall–Kier alpha value is -1.62. The summed E-state index contributed by atoms with van der Waals surface area (Å²) in [7, 11) is 0. The number of hydrogen-bond acceptors (Lipinski definition) is 2. The molecule has 100 valence electrons. The molecule has 0 fully saturated rings. The first-order valence-electron chi connectivity index (χ1n) is 5.72. The van der Waals surface area contributed by atoms with Crippen LogP contribution in [0.4, 0.5) is 14.5 Å². The lowest BCUT2D eigenvalue weighted by atomic mass is 10.3. The standard InChI is InChI=1S/C14H12BrF2NO/c15-13-6-5-12(9-14(13)17)19-8-7-18-11-3-1-10(16)2-4-11/h1-6,9,18H,7-8H2. The summed E-state index contributed by atoms with van der Waals surface area (Å²) in [6, 6.07) is 10.7. The molecule has 2 rings (SSSR count). The van der Waals surface area contributed by atoms with Crippen LogP contribution in [0.1, 0.15) is 0 Å². The van der Waals surface area contributed by atoms with Crippen molar-refractivity contribution >= 4 is 21.6 Å². The van der Waals surface area contributed by atoms with E-state index in [1.54, 1.807) is 24.3 Å². The van der Waals surface area contributed by atoms with Crippen molar-refractivity contribution in [3.05, 3.63) is 58.6 Å². The minimum atomic E-state index is -0.357. The van der Waals surface area contributed by atoms with Crippen LogP contribution in [0.2, 0.25) is 0 Å². The van der Waals surface area contributed by atoms with Crippen LogP contribution in [0, 0.1) is 11.6 Å². The molecule has 2 aromatic rings. The number of ether oxygens (including phenoxy) is 1. The van der Waals surface area contributed by atoms with Gasteiger partial charge in [0.05, 0.1) is 4.47 Å². The fourth-order valence-corrected chi connectivity index (χ4v) is 1.75. The molecule has 0 heterocycles. The second-order valence-electron chi connectivity index (χ2n) is 3.86. The first kappa shape index (κ1) is 13.8. The van der Waals surface area contributed by atoms with Gasteiger partial charge in [-0.3, -0.25) is 0 Å². The lowest BCUT2D eigenvalue weighted by Crippen LogP contribution is -2.11. The van der Waals surface area contributed by atoms with Crippen molar-refractivity contribution < 1.29 is 13.5 Å². The van der Waals surface area contributed by atoms with Crippen LogP contribution in [-0.2, 0) is 0 Å². The Morgan fingerprint density at radius 3 is 2.47 bits per heavy atom. The highest BCUT2D eigenvalue weighted by Gasteiger charge is 2.01. The smallest absolute Gasteiger partial charge is 0.141 e. The van der Waals surface area contributed by atoms with Gasteiger partial charge in [0.2, 0.25) is 0 Å². The fourth-order valence-electron chi connectivity index (χ4n) is 1.50. The van der Waals surface area contributed by atoms with Gasteiger partial charge in [-0.05, 0) is 52.3 Å². The maximum absolute atomic E-state index is 13.2. The van der Waals surface area contributed by atoms with Gasteiger partial charge in [-0.2, -0.15) is 0 Å². The monoisotopic (exact) mass is 327 g/mol. The Labute approximate surface area is 118 Å². The van der Waals surface area contributed by atoms with Gasteiger partial charge in [0.25, 0.3) is 0 Å². The Kier molecular flexibility index (Phi) is 4.74. The van der Waals surface area contributed by atoms with Crippen molar-refractivity contribution in [3.8, 4) is 5.75 Å². The maximum Gasteiger partial charge on any atom is 0.141 e. The largest absolute Gasteiger partial charge is 0.492 e. The molecule has 0 saturated carbocycles. The number of nitrogens with one attached hydrogen (secondary N) is 1. The molecule has 0 unspecified atom stereocenters. The quantitative estimate of drug-likeness (QED) is 0.830. The summed E-state index contributed by atoms with van der Waals surface area (Å²) in [6.07, 6.45) is 0. The summed E-state index contributed by atoms with van der Waals surface area (Å²) in [6.45, 7) is 0.932. The van der Waals surface area contributed by atoms with E-state index in [1.807, 2.05) is 0 Å². The lowest BCUT2D eigenvalue weighted by molar-refractivity contribution is 0.331. The summed E-state index contributed by atoms with van der Waals surface area (Å²) in [5.41, 5.74) is 0.812. The maximum atomic E-state index is 13.2. The van der Waals surface area contributed by atoms with Crippen molar-refractivity contribution in [1.29, 1.82) is 0 Å². The predicted octanol–water partition coefficient (Wildman–Crippen LogP) is 4.22. The van der Waals surface area contributed by atoms with Crippen molar-refractivity contribution in [3.63, 3.8) is 0 Å². The molecular formula is C14H12BrF2NO. The van der Waals surface area contributed by atoms with E-state index in [1.165, 1.54) is 18.2 Å². The van der Waals surface area contributed by atoms with Gasteiger partial charge in [0.15, 0.2) is 0 Å². The average Bonchev–Trinajstić information content (AvgIpc) is 2.41. The predicted molar refractivity (Wildman–Crippen MR) is 74.5 cm³/mol. The third-order valence-electron chi connectivity index (χ3n) is 2.44. The van der Waals surface area contributed by atoms with E-state index in [4.69, 9.17) is 4.74 Å². The Balaban J connectivity index is 1.77. The van der Waals surface area contributed by atoms with Gasteiger partial charge in [0, 0.05) is 18.3 Å². The topological polar surface area (TPSA) is 21.3 Å². The first-order valence-corrected chi connectivity index (χ1v) is 6.52. The Morgan fingerprint density at radius 2 is 1.79 bits per heavy atom. The van der Waals surface area contributed by atoms with E-state index < -0.39 is 0 Å². The van der Waals surface area contributed by atoms with E-state index in [9.17, 15) is 8.78 Å². The van der Waals surface area contributed by atoms with Crippen LogP contribution >= 0.6 is 15.9 Å². The molecule has 0 amide bonds. The molecule has 19 heavy (non-hydrogen) atoms. The average molecular weight is 328 g/mol.